The Kier molecular flexibility index (Phi) is 3.34. The number of ketones is 1. The molecule has 0 bridgehead atoms. The number of imidazole rings is 1. The number of rotatable bonds is 3. The predicted octanol–water partition coefficient (Wildman–Crippen LogP) is 2.38. The van der Waals surface area contributed by atoms with Crippen LogP contribution >= 0.6 is 0 Å². The first-order valence-electron chi connectivity index (χ1n) is 7.26. The van der Waals surface area contributed by atoms with Gasteiger partial charge in [-0.2, -0.15) is 0 Å². The lowest BCUT2D eigenvalue weighted by Crippen LogP contribution is -2.41. The molecule has 1 aliphatic carbocycles. The topological polar surface area (TPSA) is 55.1 Å². The number of nitrogens with zero attached hydrogens (tertiary/aromatic N) is 2. The number of benzene rings is 1. The van der Waals surface area contributed by atoms with Gasteiger partial charge >= 0.3 is 0 Å². The van der Waals surface area contributed by atoms with Crippen LogP contribution in [0.2, 0.25) is 0 Å². The van der Waals surface area contributed by atoms with Gasteiger partial charge < -0.3 is 9.67 Å². The van der Waals surface area contributed by atoms with E-state index in [0.717, 1.165) is 36.1 Å². The van der Waals surface area contributed by atoms with Crippen LogP contribution in [-0.2, 0) is 18.3 Å². The quantitative estimate of drug-likeness (QED) is 0.933. The Morgan fingerprint density at radius 2 is 2.00 bits per heavy atom. The van der Waals surface area contributed by atoms with E-state index < -0.39 is 5.60 Å². The molecule has 1 aromatic heterocycles. The van der Waals surface area contributed by atoms with E-state index in [0.29, 0.717) is 12.8 Å². The van der Waals surface area contributed by atoms with E-state index in [-0.39, 0.29) is 12.2 Å². The van der Waals surface area contributed by atoms with E-state index in [1.54, 1.807) is 0 Å². The van der Waals surface area contributed by atoms with E-state index in [1.165, 1.54) is 0 Å². The third-order valence-electron chi connectivity index (χ3n) is 4.40. The van der Waals surface area contributed by atoms with Gasteiger partial charge in [0.05, 0.1) is 17.5 Å². The van der Waals surface area contributed by atoms with Gasteiger partial charge in [-0.05, 0) is 25.0 Å². The minimum absolute atomic E-state index is 0.0874. The molecule has 1 saturated carbocycles. The Labute approximate surface area is 118 Å². The lowest BCUT2D eigenvalue weighted by atomic mass is 9.81. The Morgan fingerprint density at radius 3 is 2.70 bits per heavy atom. The Bertz CT molecular complexity index is 639. The van der Waals surface area contributed by atoms with Gasteiger partial charge in [-0.1, -0.05) is 31.4 Å². The first-order valence-corrected chi connectivity index (χ1v) is 7.26. The van der Waals surface area contributed by atoms with Crippen molar-refractivity contribution >= 4 is 16.8 Å². The predicted molar refractivity (Wildman–Crippen MR) is 77.5 cm³/mol. The fourth-order valence-corrected chi connectivity index (χ4v) is 3.08. The summed E-state index contributed by atoms with van der Waals surface area (Å²) in [4.78, 5) is 16.9. The maximum Gasteiger partial charge on any atom is 0.171 e. The highest BCUT2D eigenvalue weighted by Crippen LogP contribution is 2.30. The standard InChI is InChI=1S/C16H20N2O2/c1-18-13-8-4-3-7-12(13)17-15(18)11-14(19)16(20)9-5-2-6-10-16/h3-4,7-8,20H,2,5-6,9-11H2,1H3. The van der Waals surface area contributed by atoms with Gasteiger partial charge in [0, 0.05) is 7.05 Å². The molecule has 20 heavy (non-hydrogen) atoms. The molecule has 1 aromatic carbocycles. The van der Waals surface area contributed by atoms with E-state index in [4.69, 9.17) is 0 Å². The molecule has 0 radical (unpaired) electrons. The van der Waals surface area contributed by atoms with Gasteiger partial charge in [-0.15, -0.1) is 0 Å². The first kappa shape index (κ1) is 13.3. The van der Waals surface area contributed by atoms with Crippen LogP contribution in [-0.4, -0.2) is 26.0 Å². The van der Waals surface area contributed by atoms with E-state index in [2.05, 4.69) is 4.98 Å². The highest BCUT2D eigenvalue weighted by atomic mass is 16.3. The SMILES string of the molecule is Cn1c(CC(=O)C2(O)CCCCC2)nc2ccccc21. The summed E-state index contributed by atoms with van der Waals surface area (Å²) in [5.74, 6) is 0.644. The molecule has 1 aliphatic rings. The third kappa shape index (κ3) is 2.24. The molecule has 3 rings (SSSR count). The van der Waals surface area contributed by atoms with E-state index in [1.807, 2.05) is 35.9 Å². The zero-order chi connectivity index (χ0) is 14.2. The van der Waals surface area contributed by atoms with Gasteiger partial charge in [-0.3, -0.25) is 4.79 Å². The molecular weight excluding hydrogens is 252 g/mol. The minimum atomic E-state index is -1.13. The smallest absolute Gasteiger partial charge is 0.171 e. The number of hydrogen-bond acceptors (Lipinski definition) is 3. The van der Waals surface area contributed by atoms with Crippen molar-refractivity contribution in [2.45, 2.75) is 44.1 Å². The number of aryl methyl sites for hydroxylation is 1. The number of Topliss-reactive ketones (excluding diaryl/α,β-unsaturated/α-hetero) is 1. The van der Waals surface area contributed by atoms with Crippen molar-refractivity contribution in [2.75, 3.05) is 0 Å². The number of hydrogen-bond donors (Lipinski definition) is 1. The molecular formula is C16H20N2O2. The van der Waals surface area contributed by atoms with Crippen molar-refractivity contribution in [3.63, 3.8) is 0 Å². The molecule has 0 unspecified atom stereocenters. The fraction of sp³-hybridized carbons (Fsp3) is 0.500. The molecule has 2 aromatic rings. The van der Waals surface area contributed by atoms with Crippen molar-refractivity contribution in [3.05, 3.63) is 30.1 Å². The van der Waals surface area contributed by atoms with Gasteiger partial charge in [0.25, 0.3) is 0 Å². The van der Waals surface area contributed by atoms with Crippen LogP contribution in [0.15, 0.2) is 24.3 Å². The summed E-state index contributed by atoms with van der Waals surface area (Å²) < 4.78 is 1.94. The molecule has 4 heteroatoms. The molecule has 0 spiro atoms. The second-order valence-corrected chi connectivity index (χ2v) is 5.77. The molecule has 0 atom stereocenters. The highest BCUT2D eigenvalue weighted by molar-refractivity contribution is 5.89. The largest absolute Gasteiger partial charge is 0.382 e. The van der Waals surface area contributed by atoms with Crippen molar-refractivity contribution in [2.24, 2.45) is 7.05 Å². The maximum atomic E-state index is 12.4. The van der Waals surface area contributed by atoms with Gasteiger partial charge in [0.2, 0.25) is 0 Å². The second-order valence-electron chi connectivity index (χ2n) is 5.77. The zero-order valence-corrected chi connectivity index (χ0v) is 11.8. The molecule has 1 fully saturated rings. The van der Waals surface area contributed by atoms with Crippen molar-refractivity contribution in [1.82, 2.24) is 9.55 Å². The van der Waals surface area contributed by atoms with Crippen LogP contribution < -0.4 is 0 Å². The lowest BCUT2D eigenvalue weighted by molar-refractivity contribution is -0.140. The van der Waals surface area contributed by atoms with Crippen molar-refractivity contribution < 1.29 is 9.90 Å². The van der Waals surface area contributed by atoms with Crippen LogP contribution in [0, 0.1) is 0 Å². The maximum absolute atomic E-state index is 12.4. The highest BCUT2D eigenvalue weighted by Gasteiger charge is 2.37. The molecule has 0 aliphatic heterocycles. The Hall–Kier alpha value is -1.68. The van der Waals surface area contributed by atoms with Gasteiger partial charge in [0.15, 0.2) is 5.78 Å². The summed E-state index contributed by atoms with van der Waals surface area (Å²) in [5, 5.41) is 10.5. The summed E-state index contributed by atoms with van der Waals surface area (Å²) in [6.45, 7) is 0. The van der Waals surface area contributed by atoms with Crippen molar-refractivity contribution in [3.8, 4) is 0 Å². The second kappa shape index (κ2) is 5.02. The third-order valence-corrected chi connectivity index (χ3v) is 4.40. The van der Waals surface area contributed by atoms with Crippen LogP contribution in [0.1, 0.15) is 37.9 Å². The van der Waals surface area contributed by atoms with Gasteiger partial charge in [0.1, 0.15) is 11.4 Å². The number of para-hydroxylation sites is 2. The fourth-order valence-electron chi connectivity index (χ4n) is 3.08. The number of carbonyl (C=O) groups is 1. The minimum Gasteiger partial charge on any atom is -0.382 e. The van der Waals surface area contributed by atoms with Crippen LogP contribution in [0.3, 0.4) is 0 Å². The molecule has 0 saturated heterocycles. The normalized spacial score (nSPS) is 18.3. The monoisotopic (exact) mass is 272 g/mol. The first-order chi connectivity index (χ1) is 9.60. The van der Waals surface area contributed by atoms with Crippen LogP contribution in [0.4, 0.5) is 0 Å². The number of aromatic nitrogens is 2. The van der Waals surface area contributed by atoms with Gasteiger partial charge in [-0.25, -0.2) is 4.98 Å². The zero-order valence-electron chi connectivity index (χ0n) is 11.8. The summed E-state index contributed by atoms with van der Waals surface area (Å²) in [6.07, 6.45) is 4.38. The summed E-state index contributed by atoms with van der Waals surface area (Å²) in [7, 11) is 1.92. The van der Waals surface area contributed by atoms with E-state index in [9.17, 15) is 9.90 Å². The van der Waals surface area contributed by atoms with E-state index >= 15 is 0 Å². The number of fused-ring (bicyclic) bond motifs is 1. The van der Waals surface area contributed by atoms with Crippen LogP contribution in [0.5, 0.6) is 0 Å². The average molecular weight is 272 g/mol. The summed E-state index contributed by atoms with van der Waals surface area (Å²) in [5.41, 5.74) is 0.787. The van der Waals surface area contributed by atoms with Crippen LogP contribution in [0.25, 0.3) is 11.0 Å². The lowest BCUT2D eigenvalue weighted by Gasteiger charge is -2.30. The number of aliphatic hydroxyl groups is 1. The van der Waals surface area contributed by atoms with Crippen molar-refractivity contribution in [1.29, 1.82) is 0 Å². The summed E-state index contributed by atoms with van der Waals surface area (Å²) >= 11 is 0. The molecule has 106 valence electrons. The molecule has 0 amide bonds. The Balaban J connectivity index is 1.85. The average Bonchev–Trinajstić information content (AvgIpc) is 2.77. The Morgan fingerprint density at radius 1 is 1.30 bits per heavy atom. The molecule has 1 heterocycles. The summed E-state index contributed by atoms with van der Waals surface area (Å²) in [6, 6.07) is 7.84. The molecule has 4 nitrogen and oxygen atoms in total. The number of carbonyl (C=O) groups excluding carboxylic acids is 1. The molecule has 1 N–H and O–H groups in total.